The fraction of sp³-hybridized carbons (Fsp3) is 0.450. The molecule has 29 heavy (non-hydrogen) atoms. The molecule has 9 heteroatoms. The summed E-state index contributed by atoms with van der Waals surface area (Å²) in [7, 11) is 0. The predicted molar refractivity (Wildman–Crippen MR) is 96.4 cm³/mol. The Hall–Kier alpha value is -2.35. The molecule has 3 amide bonds. The van der Waals surface area contributed by atoms with Gasteiger partial charge in [-0.05, 0) is 48.3 Å². The summed E-state index contributed by atoms with van der Waals surface area (Å²) in [6.45, 7) is -0.780. The largest absolute Gasteiger partial charge is 0.471 e. The van der Waals surface area contributed by atoms with Crippen molar-refractivity contribution in [3.05, 3.63) is 41.4 Å². The molecule has 4 aliphatic carbocycles. The second-order valence-corrected chi connectivity index (χ2v) is 8.55. The van der Waals surface area contributed by atoms with Crippen LogP contribution in [0.3, 0.4) is 0 Å². The first-order valence-corrected chi connectivity index (χ1v) is 9.74. The molecular formula is C20H16ClF3N2O3. The lowest BCUT2D eigenvalue weighted by Crippen LogP contribution is -2.49. The van der Waals surface area contributed by atoms with Crippen molar-refractivity contribution < 1.29 is 27.6 Å². The Labute approximate surface area is 169 Å². The topological polar surface area (TPSA) is 57.7 Å². The number of rotatable bonds is 3. The van der Waals surface area contributed by atoms with E-state index in [4.69, 9.17) is 11.6 Å². The van der Waals surface area contributed by atoms with Crippen LogP contribution in [0.5, 0.6) is 0 Å². The molecule has 6 rings (SSSR count). The first-order valence-electron chi connectivity index (χ1n) is 9.36. The van der Waals surface area contributed by atoms with Crippen molar-refractivity contribution in [2.45, 2.75) is 12.6 Å². The van der Waals surface area contributed by atoms with Gasteiger partial charge in [-0.3, -0.25) is 24.2 Å². The maximum absolute atomic E-state index is 13.2. The summed E-state index contributed by atoms with van der Waals surface area (Å²) in [6, 6.07) is 5.34. The van der Waals surface area contributed by atoms with Crippen molar-refractivity contribution in [2.24, 2.45) is 35.5 Å². The molecule has 0 spiro atoms. The van der Waals surface area contributed by atoms with Crippen LogP contribution in [0.25, 0.3) is 0 Å². The Morgan fingerprint density at radius 1 is 1.10 bits per heavy atom. The second kappa shape index (κ2) is 6.08. The number of hydrogen-bond acceptors (Lipinski definition) is 3. The Morgan fingerprint density at radius 3 is 2.21 bits per heavy atom. The van der Waals surface area contributed by atoms with E-state index in [2.05, 4.69) is 0 Å². The maximum atomic E-state index is 13.2. The van der Waals surface area contributed by atoms with E-state index in [0.717, 1.165) is 11.3 Å². The average molecular weight is 425 g/mol. The minimum Gasteiger partial charge on any atom is -0.286 e. The molecule has 0 unspecified atom stereocenters. The van der Waals surface area contributed by atoms with Crippen molar-refractivity contribution in [1.29, 1.82) is 0 Å². The third-order valence-electron chi connectivity index (χ3n) is 6.64. The van der Waals surface area contributed by atoms with E-state index in [0.29, 0.717) is 16.7 Å². The molecule has 2 bridgehead atoms. The number of carbonyl (C=O) groups excluding carboxylic acids is 3. The normalized spacial score (nSPS) is 34.3. The number of allylic oxidation sites excluding steroid dienone is 2. The zero-order chi connectivity index (χ0) is 20.7. The number of hydrogen-bond donors (Lipinski definition) is 0. The summed E-state index contributed by atoms with van der Waals surface area (Å²) < 4.78 is 39.7. The molecule has 0 radical (unpaired) electrons. The van der Waals surface area contributed by atoms with Crippen LogP contribution >= 0.6 is 11.6 Å². The van der Waals surface area contributed by atoms with Gasteiger partial charge in [0.25, 0.3) is 0 Å². The molecule has 1 aliphatic heterocycles. The highest BCUT2D eigenvalue weighted by molar-refractivity contribution is 6.31. The number of carbonyl (C=O) groups is 3. The van der Waals surface area contributed by atoms with Crippen molar-refractivity contribution in [1.82, 2.24) is 4.90 Å². The van der Waals surface area contributed by atoms with Gasteiger partial charge < -0.3 is 0 Å². The Bertz CT molecular complexity index is 927. The third-order valence-corrected chi connectivity index (χ3v) is 6.88. The molecule has 152 valence electrons. The van der Waals surface area contributed by atoms with Crippen LogP contribution in [-0.4, -0.2) is 35.5 Å². The minimum atomic E-state index is -5.16. The molecule has 5 nitrogen and oxygen atoms in total. The highest BCUT2D eigenvalue weighted by atomic mass is 35.5. The molecule has 2 saturated carbocycles. The third kappa shape index (κ3) is 2.72. The zero-order valence-corrected chi connectivity index (χ0v) is 15.7. The van der Waals surface area contributed by atoms with Crippen LogP contribution in [0.15, 0.2) is 36.4 Å². The standard InChI is InChI=1S/C20H16ClF3N2O3/c21-9-2-1-3-10(6-9)25(19(29)20(22,23)24)8-26-17(27)15-11-4-5-12(14-7-13(11)14)16(15)18(26)28/h1-6,11-16H,7-8H2/t11-,12-,13-,14+,15-,16+/m0/s1. The van der Waals surface area contributed by atoms with E-state index in [1.165, 1.54) is 24.3 Å². The van der Waals surface area contributed by atoms with E-state index < -0.39 is 42.4 Å². The van der Waals surface area contributed by atoms with E-state index in [-0.39, 0.29) is 22.5 Å². The average Bonchev–Trinajstić information content (AvgIpc) is 3.44. The quantitative estimate of drug-likeness (QED) is 0.553. The van der Waals surface area contributed by atoms with Gasteiger partial charge in [-0.2, -0.15) is 13.2 Å². The number of imide groups is 1. The summed E-state index contributed by atoms with van der Waals surface area (Å²) >= 11 is 5.87. The molecule has 3 fully saturated rings. The van der Waals surface area contributed by atoms with Crippen molar-refractivity contribution in [3.63, 3.8) is 0 Å². The van der Waals surface area contributed by atoms with Crippen LogP contribution < -0.4 is 4.90 Å². The molecule has 5 aliphatic rings. The van der Waals surface area contributed by atoms with Gasteiger partial charge in [-0.15, -0.1) is 0 Å². The van der Waals surface area contributed by atoms with Crippen molar-refractivity contribution >= 4 is 35.0 Å². The summed E-state index contributed by atoms with van der Waals surface area (Å²) in [5, 5.41) is 0.137. The Morgan fingerprint density at radius 2 is 1.69 bits per heavy atom. The summed E-state index contributed by atoms with van der Waals surface area (Å²) in [5.41, 5.74) is -0.126. The highest BCUT2D eigenvalue weighted by Crippen LogP contribution is 2.65. The molecule has 1 aromatic carbocycles. The number of anilines is 1. The van der Waals surface area contributed by atoms with Crippen molar-refractivity contribution in [3.8, 4) is 0 Å². The van der Waals surface area contributed by atoms with Gasteiger partial charge in [0.05, 0.1) is 11.8 Å². The van der Waals surface area contributed by atoms with Gasteiger partial charge >= 0.3 is 12.1 Å². The number of alkyl halides is 3. The van der Waals surface area contributed by atoms with Crippen LogP contribution in [0, 0.1) is 35.5 Å². The fourth-order valence-corrected chi connectivity index (χ4v) is 5.54. The smallest absolute Gasteiger partial charge is 0.286 e. The number of halogens is 4. The Kier molecular flexibility index (Phi) is 3.91. The van der Waals surface area contributed by atoms with Gasteiger partial charge in [0.2, 0.25) is 11.8 Å². The van der Waals surface area contributed by atoms with Gasteiger partial charge in [0, 0.05) is 10.7 Å². The van der Waals surface area contributed by atoms with Gasteiger partial charge in [0.15, 0.2) is 0 Å². The Balaban J connectivity index is 1.47. The first-order chi connectivity index (χ1) is 13.7. The second-order valence-electron chi connectivity index (χ2n) is 8.11. The molecule has 1 heterocycles. The minimum absolute atomic E-state index is 0.0469. The van der Waals surface area contributed by atoms with Crippen LogP contribution in [0.4, 0.5) is 18.9 Å². The lowest BCUT2D eigenvalue weighted by atomic mass is 9.63. The first kappa shape index (κ1) is 18.7. The number of amides is 3. The molecule has 1 aromatic rings. The molecule has 0 N–H and O–H groups in total. The van der Waals surface area contributed by atoms with Gasteiger partial charge in [-0.25, -0.2) is 0 Å². The number of nitrogens with zero attached hydrogens (tertiary/aromatic N) is 2. The lowest BCUT2D eigenvalue weighted by molar-refractivity contribution is -0.171. The van der Waals surface area contributed by atoms with E-state index >= 15 is 0 Å². The van der Waals surface area contributed by atoms with Gasteiger partial charge in [-0.1, -0.05) is 29.8 Å². The zero-order valence-electron chi connectivity index (χ0n) is 15.0. The van der Waals surface area contributed by atoms with E-state index in [9.17, 15) is 27.6 Å². The molecule has 6 atom stereocenters. The van der Waals surface area contributed by atoms with E-state index in [1.807, 2.05) is 12.2 Å². The van der Waals surface area contributed by atoms with Crippen LogP contribution in [0.1, 0.15) is 6.42 Å². The highest BCUT2D eigenvalue weighted by Gasteiger charge is 2.67. The molecule has 0 aromatic heterocycles. The molecular weight excluding hydrogens is 409 g/mol. The summed E-state index contributed by atoms with van der Waals surface area (Å²) in [4.78, 5) is 39.4. The predicted octanol–water partition coefficient (Wildman–Crippen LogP) is 3.25. The van der Waals surface area contributed by atoms with Gasteiger partial charge in [0.1, 0.15) is 6.67 Å². The van der Waals surface area contributed by atoms with E-state index in [1.54, 1.807) is 0 Å². The molecule has 1 saturated heterocycles. The summed E-state index contributed by atoms with van der Waals surface area (Å²) in [6.07, 6.45) is -0.227. The summed E-state index contributed by atoms with van der Waals surface area (Å²) in [5.74, 6) is -3.55. The monoisotopic (exact) mass is 424 g/mol. The number of likely N-dealkylation sites (tertiary alicyclic amines) is 1. The van der Waals surface area contributed by atoms with Crippen LogP contribution in [-0.2, 0) is 14.4 Å². The SMILES string of the molecule is O=C1[C@@H]2[C@H]3C=C[C@@H]([C@@H]4C[C@H]34)[C@@H]2C(=O)N1CN(C(=O)C(F)(F)F)c1cccc(Cl)c1. The maximum Gasteiger partial charge on any atom is 0.471 e. The lowest BCUT2D eigenvalue weighted by Gasteiger charge is -2.37. The van der Waals surface area contributed by atoms with Crippen molar-refractivity contribution in [2.75, 3.05) is 11.6 Å². The number of benzene rings is 1. The van der Waals surface area contributed by atoms with Crippen LogP contribution in [0.2, 0.25) is 5.02 Å². The fourth-order valence-electron chi connectivity index (χ4n) is 5.36.